The van der Waals surface area contributed by atoms with Gasteiger partial charge in [-0.15, -0.1) is 11.3 Å². The van der Waals surface area contributed by atoms with E-state index in [2.05, 4.69) is 36.4 Å². The molecule has 0 saturated carbocycles. The van der Waals surface area contributed by atoms with Crippen LogP contribution in [0.25, 0.3) is 143 Å². The molecule has 0 unspecified atom stereocenters. The lowest BCUT2D eigenvalue weighted by molar-refractivity contribution is 0.669. The number of furan rings is 2. The van der Waals surface area contributed by atoms with E-state index in [1.807, 2.05) is 152 Å². The van der Waals surface area contributed by atoms with Crippen molar-refractivity contribution in [3.05, 3.63) is 224 Å². The van der Waals surface area contributed by atoms with Gasteiger partial charge in [-0.3, -0.25) is 0 Å². The Balaban J connectivity index is 0.942. The second-order valence-electron chi connectivity index (χ2n) is 16.9. The third kappa shape index (κ3) is 6.56. The van der Waals surface area contributed by atoms with Gasteiger partial charge in [-0.2, -0.15) is 0 Å². The maximum atomic E-state index is 9.82. The van der Waals surface area contributed by atoms with Gasteiger partial charge in [0.1, 0.15) is 22.3 Å². The molecule has 6 heteroatoms. The van der Waals surface area contributed by atoms with Crippen LogP contribution in [0.4, 0.5) is 0 Å². The lowest BCUT2D eigenvalue weighted by Crippen LogP contribution is -2.00. The Morgan fingerprint density at radius 1 is 0.333 bits per heavy atom. The van der Waals surface area contributed by atoms with E-state index >= 15 is 0 Å². The normalized spacial score (nSPS) is 13.0. The summed E-state index contributed by atoms with van der Waals surface area (Å²) in [6.45, 7) is 0. The number of nitrogens with zero attached hydrogens (tertiary/aromatic N) is 3. The van der Waals surface area contributed by atoms with Crippen molar-refractivity contribution in [2.24, 2.45) is 0 Å². The summed E-state index contributed by atoms with van der Waals surface area (Å²) in [6, 6.07) is 60.3. The number of para-hydroxylation sites is 2. The minimum absolute atomic E-state index is 0.0125. The second-order valence-corrected chi connectivity index (χ2v) is 18.0. The van der Waals surface area contributed by atoms with Crippen molar-refractivity contribution in [2.45, 2.75) is 0 Å². The summed E-state index contributed by atoms with van der Waals surface area (Å²) >= 11 is 1.61. The predicted molar refractivity (Wildman–Crippen MR) is 285 cm³/mol. The highest BCUT2D eigenvalue weighted by Gasteiger charge is 2.20. The summed E-state index contributed by atoms with van der Waals surface area (Å²) in [5.41, 5.74) is 9.63. The Morgan fingerprint density at radius 2 is 0.855 bits per heavy atom. The smallest absolute Gasteiger partial charge is 0.164 e. The van der Waals surface area contributed by atoms with Crippen molar-refractivity contribution in [1.82, 2.24) is 15.0 Å². The van der Waals surface area contributed by atoms with Crippen molar-refractivity contribution in [1.29, 1.82) is 0 Å². The Hall–Kier alpha value is -8.97. The molecule has 10 aromatic carbocycles. The molecule has 0 saturated heterocycles. The fourth-order valence-electron chi connectivity index (χ4n) is 9.62. The van der Waals surface area contributed by atoms with Crippen molar-refractivity contribution in [3.63, 3.8) is 0 Å². The van der Waals surface area contributed by atoms with Crippen molar-refractivity contribution >= 4 is 75.4 Å². The zero-order chi connectivity index (χ0) is 50.6. The van der Waals surface area contributed by atoms with Crippen LogP contribution < -0.4 is 0 Å². The van der Waals surface area contributed by atoms with Crippen LogP contribution in [-0.4, -0.2) is 15.0 Å². The quantitative estimate of drug-likeness (QED) is 0.159. The molecule has 0 N–H and O–H groups in total. The van der Waals surface area contributed by atoms with Crippen LogP contribution in [0.2, 0.25) is 0 Å². The molecule has 14 aromatic rings. The summed E-state index contributed by atoms with van der Waals surface area (Å²) < 4.78 is 71.9. The van der Waals surface area contributed by atoms with E-state index in [-0.39, 0.29) is 75.4 Å². The van der Waals surface area contributed by atoms with E-state index in [0.717, 1.165) is 75.5 Å². The molecule has 14 rings (SSSR count). The molecular formula is C63H37N3O2S. The van der Waals surface area contributed by atoms with E-state index in [0.29, 0.717) is 28.1 Å². The lowest BCUT2D eigenvalue weighted by Gasteiger charge is -2.10. The van der Waals surface area contributed by atoms with Gasteiger partial charge in [0.05, 0.1) is 8.22 Å². The SMILES string of the molecule is [2H]c1c([2H])c(-c2cccc3sc4ccccc4c23)c2c(oc3c([2H])c(-c4nc(-c5ccc(-c6ccccc6)cc5)nc(-c5ccc(-c6cccc7c6oc6c(-c8ccccc8)cccc67)cc5)n4)c([2H])c([2H])c32)c1[2H]. The number of rotatable bonds is 7. The first kappa shape index (κ1) is 33.5. The van der Waals surface area contributed by atoms with Gasteiger partial charge in [-0.05, 0) is 63.6 Å². The number of fused-ring (bicyclic) bond motifs is 9. The molecule has 0 atom stereocenters. The first-order valence-electron chi connectivity index (χ1n) is 25.6. The van der Waals surface area contributed by atoms with Crippen LogP contribution >= 0.6 is 11.3 Å². The minimum Gasteiger partial charge on any atom is -0.456 e. The van der Waals surface area contributed by atoms with E-state index in [1.54, 1.807) is 11.3 Å². The van der Waals surface area contributed by atoms with E-state index in [9.17, 15) is 5.48 Å². The average Bonchev–Trinajstić information content (AvgIpc) is 4.26. The summed E-state index contributed by atoms with van der Waals surface area (Å²) in [5, 5.41) is 4.22. The molecule has 4 heterocycles. The van der Waals surface area contributed by atoms with Crippen LogP contribution in [0.1, 0.15) is 8.22 Å². The highest BCUT2D eigenvalue weighted by molar-refractivity contribution is 7.25. The van der Waals surface area contributed by atoms with Crippen LogP contribution in [0.15, 0.2) is 233 Å². The number of hydrogen-bond acceptors (Lipinski definition) is 6. The summed E-state index contributed by atoms with van der Waals surface area (Å²) in [4.78, 5) is 14.9. The van der Waals surface area contributed by atoms with Crippen LogP contribution in [0, 0.1) is 0 Å². The van der Waals surface area contributed by atoms with E-state index in [1.165, 1.54) is 0 Å². The van der Waals surface area contributed by atoms with Gasteiger partial charge < -0.3 is 8.83 Å². The molecular weight excluding hydrogens is 863 g/mol. The molecule has 0 fully saturated rings. The maximum absolute atomic E-state index is 9.82. The largest absolute Gasteiger partial charge is 0.456 e. The van der Waals surface area contributed by atoms with Crippen molar-refractivity contribution in [3.8, 4) is 78.7 Å². The van der Waals surface area contributed by atoms with Gasteiger partial charge in [0.15, 0.2) is 17.5 Å². The van der Waals surface area contributed by atoms with Gasteiger partial charge in [-0.1, -0.05) is 194 Å². The molecule has 69 heavy (non-hydrogen) atoms. The zero-order valence-electron chi connectivity index (χ0n) is 42.5. The van der Waals surface area contributed by atoms with Crippen molar-refractivity contribution < 1.29 is 17.1 Å². The highest BCUT2D eigenvalue weighted by Crippen LogP contribution is 2.45. The van der Waals surface area contributed by atoms with Gasteiger partial charge in [0.2, 0.25) is 0 Å². The third-order valence-electron chi connectivity index (χ3n) is 12.9. The molecule has 0 aliphatic rings. The zero-order valence-corrected chi connectivity index (χ0v) is 37.3. The monoisotopic (exact) mass is 905 g/mol. The van der Waals surface area contributed by atoms with Crippen LogP contribution in [0.5, 0.6) is 0 Å². The van der Waals surface area contributed by atoms with E-state index < -0.39 is 0 Å². The molecule has 322 valence electrons. The van der Waals surface area contributed by atoms with Gasteiger partial charge in [-0.25, -0.2) is 15.0 Å². The Bertz CT molecular complexity index is 4650. The molecule has 5 nitrogen and oxygen atoms in total. The maximum Gasteiger partial charge on any atom is 0.164 e. The molecule has 0 aliphatic heterocycles. The third-order valence-corrected chi connectivity index (χ3v) is 14.1. The first-order valence-corrected chi connectivity index (χ1v) is 23.4. The Kier molecular flexibility index (Phi) is 7.69. The van der Waals surface area contributed by atoms with Gasteiger partial charge in [0.25, 0.3) is 0 Å². The van der Waals surface area contributed by atoms with Crippen LogP contribution in [0.3, 0.4) is 0 Å². The number of hydrogen-bond donors (Lipinski definition) is 0. The van der Waals surface area contributed by atoms with E-state index in [4.69, 9.17) is 26.5 Å². The highest BCUT2D eigenvalue weighted by atomic mass is 32.1. The topological polar surface area (TPSA) is 65.0 Å². The molecule has 0 amide bonds. The summed E-state index contributed by atoms with van der Waals surface area (Å²) in [7, 11) is 0. The second kappa shape index (κ2) is 15.8. The lowest BCUT2D eigenvalue weighted by atomic mass is 9.95. The molecule has 4 aromatic heterocycles. The fourth-order valence-corrected chi connectivity index (χ4v) is 10.8. The Morgan fingerprint density at radius 3 is 1.55 bits per heavy atom. The molecule has 0 spiro atoms. The fraction of sp³-hybridized carbons (Fsp3) is 0. The predicted octanol–water partition coefficient (Wildman–Crippen LogP) is 17.7. The number of aromatic nitrogens is 3. The average molecular weight is 906 g/mol. The molecule has 0 bridgehead atoms. The van der Waals surface area contributed by atoms with Gasteiger partial charge >= 0.3 is 0 Å². The summed E-state index contributed by atoms with van der Waals surface area (Å²) in [6.07, 6.45) is 0. The van der Waals surface area contributed by atoms with Gasteiger partial charge in [0, 0.05) is 69.5 Å². The molecule has 0 aliphatic carbocycles. The number of thiophene rings is 1. The number of benzene rings is 10. The summed E-state index contributed by atoms with van der Waals surface area (Å²) in [5.74, 6) is 0.559. The minimum atomic E-state index is -0.347. The molecule has 0 radical (unpaired) electrons. The first-order chi connectivity index (χ1) is 36.7. The Labute approximate surface area is 408 Å². The standard InChI is InChI=1S/C63H37N3O2S/c1-3-13-38(14-4-1)39-27-31-42(32-28-39)61-64-62(43-33-29-41(30-34-43)46-19-10-23-50-49-22-9-18-45(59(49)68-60(46)50)40-15-5-2-6-16-40)66-63(65-61)44-35-36-51-54(37-44)67-53-24-11-20-47(57(51)53)48-21-12-26-56-58(48)52-17-7-8-25-55(52)69-56/h1-37H/i11D,20D,24D,35D,36D,37D. The van der Waals surface area contributed by atoms with Crippen LogP contribution in [-0.2, 0) is 0 Å². The van der Waals surface area contributed by atoms with Crippen molar-refractivity contribution in [2.75, 3.05) is 0 Å².